The number of rotatable bonds is 7. The lowest BCUT2D eigenvalue weighted by Crippen LogP contribution is -2.32. The van der Waals surface area contributed by atoms with Gasteiger partial charge in [-0.3, -0.25) is 0 Å². The first-order chi connectivity index (χ1) is 10.2. The van der Waals surface area contributed by atoms with E-state index in [9.17, 15) is 8.78 Å². The zero-order valence-corrected chi connectivity index (χ0v) is 13.0. The largest absolute Gasteiger partial charge is 0.314 e. The van der Waals surface area contributed by atoms with Crippen molar-refractivity contribution in [3.05, 3.63) is 35.4 Å². The maximum atomic E-state index is 13.8. The molecular formula is C18H27F2N. The van der Waals surface area contributed by atoms with Gasteiger partial charge in [-0.05, 0) is 43.4 Å². The van der Waals surface area contributed by atoms with Gasteiger partial charge in [0.05, 0.1) is 0 Å². The molecule has 0 radical (unpaired) electrons. The van der Waals surface area contributed by atoms with Crippen LogP contribution in [-0.2, 0) is 6.42 Å². The van der Waals surface area contributed by atoms with E-state index in [0.717, 1.165) is 24.9 Å². The average Bonchev–Trinajstić information content (AvgIpc) is 2.49. The predicted octanol–water partition coefficient (Wildman–Crippen LogP) is 4.85. The number of hydrogen-bond acceptors (Lipinski definition) is 1. The van der Waals surface area contributed by atoms with Crippen LogP contribution in [0, 0.1) is 17.6 Å². The molecule has 1 aromatic carbocycles. The summed E-state index contributed by atoms with van der Waals surface area (Å²) < 4.78 is 26.7. The van der Waals surface area contributed by atoms with Crippen LogP contribution in [-0.4, -0.2) is 12.6 Å². The number of nitrogens with one attached hydrogen (secondary N) is 1. The minimum absolute atomic E-state index is 0.289. The molecule has 1 unspecified atom stereocenters. The fourth-order valence-corrected chi connectivity index (χ4v) is 3.43. The monoisotopic (exact) mass is 295 g/mol. The first-order valence-corrected chi connectivity index (χ1v) is 8.36. The Morgan fingerprint density at radius 2 is 1.95 bits per heavy atom. The third-order valence-corrected chi connectivity index (χ3v) is 4.62. The molecule has 0 heterocycles. The minimum atomic E-state index is -0.501. The molecule has 0 aliphatic heterocycles. The van der Waals surface area contributed by atoms with Gasteiger partial charge in [-0.1, -0.05) is 45.1 Å². The van der Waals surface area contributed by atoms with E-state index in [1.165, 1.54) is 44.6 Å². The summed E-state index contributed by atoms with van der Waals surface area (Å²) in [6.07, 6.45) is 9.76. The lowest BCUT2D eigenvalue weighted by atomic mass is 9.84. The summed E-state index contributed by atoms with van der Waals surface area (Å²) in [5.41, 5.74) is 0.617. The minimum Gasteiger partial charge on any atom is -0.314 e. The smallest absolute Gasteiger partial charge is 0.129 e. The lowest BCUT2D eigenvalue weighted by molar-refractivity contribution is 0.312. The van der Waals surface area contributed by atoms with Crippen LogP contribution < -0.4 is 5.32 Å². The first-order valence-electron chi connectivity index (χ1n) is 8.36. The van der Waals surface area contributed by atoms with E-state index in [1.54, 1.807) is 6.07 Å². The van der Waals surface area contributed by atoms with Crippen LogP contribution in [0.15, 0.2) is 18.2 Å². The van der Waals surface area contributed by atoms with Gasteiger partial charge in [0.15, 0.2) is 0 Å². The standard InChI is InChI=1S/C18H27F2N/c1-2-21-17(11-8-14-6-4-3-5-7-14)12-15-9-10-16(19)13-18(15)20/h9-10,13-14,17,21H,2-8,11-12H2,1H3. The Morgan fingerprint density at radius 3 is 2.62 bits per heavy atom. The highest BCUT2D eigenvalue weighted by atomic mass is 19.1. The van der Waals surface area contributed by atoms with Crippen LogP contribution >= 0.6 is 0 Å². The topological polar surface area (TPSA) is 12.0 Å². The molecule has 1 aromatic rings. The molecule has 118 valence electrons. The van der Waals surface area contributed by atoms with Crippen molar-refractivity contribution in [1.29, 1.82) is 0 Å². The lowest BCUT2D eigenvalue weighted by Gasteiger charge is -2.25. The Balaban J connectivity index is 1.88. The molecule has 2 rings (SSSR count). The van der Waals surface area contributed by atoms with Crippen molar-refractivity contribution >= 4 is 0 Å². The highest BCUT2D eigenvalue weighted by molar-refractivity contribution is 5.19. The molecule has 1 nitrogen and oxygen atoms in total. The molecule has 1 saturated carbocycles. The summed E-state index contributed by atoms with van der Waals surface area (Å²) in [5.74, 6) is -0.0769. The molecule has 1 aliphatic carbocycles. The number of benzene rings is 1. The molecule has 1 N–H and O–H groups in total. The average molecular weight is 295 g/mol. The van der Waals surface area contributed by atoms with Crippen LogP contribution in [0.2, 0.25) is 0 Å². The van der Waals surface area contributed by atoms with Crippen molar-refractivity contribution in [3.8, 4) is 0 Å². The molecule has 1 fully saturated rings. The Bertz CT molecular complexity index is 427. The summed E-state index contributed by atoms with van der Waals surface area (Å²) in [6, 6.07) is 4.20. The van der Waals surface area contributed by atoms with Gasteiger partial charge < -0.3 is 5.32 Å². The van der Waals surface area contributed by atoms with Gasteiger partial charge >= 0.3 is 0 Å². The van der Waals surface area contributed by atoms with E-state index in [-0.39, 0.29) is 6.04 Å². The third kappa shape index (κ3) is 5.39. The SMILES string of the molecule is CCNC(CCC1CCCCC1)Cc1ccc(F)cc1F. The second-order valence-corrected chi connectivity index (χ2v) is 6.28. The molecule has 1 aliphatic rings. The molecular weight excluding hydrogens is 268 g/mol. The van der Waals surface area contributed by atoms with E-state index in [0.29, 0.717) is 12.0 Å². The second-order valence-electron chi connectivity index (χ2n) is 6.28. The van der Waals surface area contributed by atoms with Crippen LogP contribution in [0.25, 0.3) is 0 Å². The molecule has 0 aromatic heterocycles. The molecule has 1 atom stereocenters. The van der Waals surface area contributed by atoms with Crippen molar-refractivity contribution in [2.24, 2.45) is 5.92 Å². The predicted molar refractivity (Wildman–Crippen MR) is 83.3 cm³/mol. The summed E-state index contributed by atoms with van der Waals surface area (Å²) >= 11 is 0. The summed E-state index contributed by atoms with van der Waals surface area (Å²) in [6.45, 7) is 2.97. The van der Waals surface area contributed by atoms with Gasteiger partial charge in [0.1, 0.15) is 11.6 Å². The van der Waals surface area contributed by atoms with Crippen LogP contribution in [0.4, 0.5) is 8.78 Å². The van der Waals surface area contributed by atoms with Crippen molar-refractivity contribution in [3.63, 3.8) is 0 Å². The quantitative estimate of drug-likeness (QED) is 0.758. The van der Waals surface area contributed by atoms with Crippen molar-refractivity contribution in [2.75, 3.05) is 6.54 Å². The van der Waals surface area contributed by atoms with Gasteiger partial charge in [0.25, 0.3) is 0 Å². The number of halogens is 2. The van der Waals surface area contributed by atoms with E-state index in [1.807, 2.05) is 0 Å². The molecule has 0 saturated heterocycles. The maximum Gasteiger partial charge on any atom is 0.129 e. The highest BCUT2D eigenvalue weighted by Crippen LogP contribution is 2.28. The molecule has 0 bridgehead atoms. The number of hydrogen-bond donors (Lipinski definition) is 1. The summed E-state index contributed by atoms with van der Waals surface area (Å²) in [5, 5.41) is 3.45. The third-order valence-electron chi connectivity index (χ3n) is 4.62. The molecule has 0 spiro atoms. The summed E-state index contributed by atoms with van der Waals surface area (Å²) in [4.78, 5) is 0. The van der Waals surface area contributed by atoms with E-state index >= 15 is 0 Å². The fraction of sp³-hybridized carbons (Fsp3) is 0.667. The van der Waals surface area contributed by atoms with Gasteiger partial charge in [0.2, 0.25) is 0 Å². The first kappa shape index (κ1) is 16.4. The van der Waals surface area contributed by atoms with Gasteiger partial charge in [-0.2, -0.15) is 0 Å². The Kier molecular flexibility index (Phi) is 6.62. The second kappa shape index (κ2) is 8.47. The van der Waals surface area contributed by atoms with Crippen LogP contribution in [0.3, 0.4) is 0 Å². The van der Waals surface area contributed by atoms with Crippen LogP contribution in [0.1, 0.15) is 57.4 Å². The Labute approximate surface area is 127 Å². The normalized spacial score (nSPS) is 17.9. The van der Waals surface area contributed by atoms with Gasteiger partial charge in [-0.25, -0.2) is 8.78 Å². The van der Waals surface area contributed by atoms with Crippen molar-refractivity contribution in [1.82, 2.24) is 5.32 Å². The van der Waals surface area contributed by atoms with Gasteiger partial charge in [-0.15, -0.1) is 0 Å². The zero-order chi connectivity index (χ0) is 15.1. The van der Waals surface area contributed by atoms with E-state index < -0.39 is 11.6 Å². The Morgan fingerprint density at radius 1 is 1.19 bits per heavy atom. The fourth-order valence-electron chi connectivity index (χ4n) is 3.43. The zero-order valence-electron chi connectivity index (χ0n) is 13.0. The Hall–Kier alpha value is -0.960. The molecule has 3 heteroatoms. The molecule has 21 heavy (non-hydrogen) atoms. The van der Waals surface area contributed by atoms with Crippen molar-refractivity contribution < 1.29 is 8.78 Å². The summed E-state index contributed by atoms with van der Waals surface area (Å²) in [7, 11) is 0. The van der Waals surface area contributed by atoms with E-state index in [4.69, 9.17) is 0 Å². The van der Waals surface area contributed by atoms with Crippen LogP contribution in [0.5, 0.6) is 0 Å². The number of likely N-dealkylation sites (N-methyl/N-ethyl adjacent to an activating group) is 1. The van der Waals surface area contributed by atoms with E-state index in [2.05, 4.69) is 12.2 Å². The maximum absolute atomic E-state index is 13.8. The van der Waals surface area contributed by atoms with Crippen molar-refractivity contribution in [2.45, 2.75) is 64.3 Å². The highest BCUT2D eigenvalue weighted by Gasteiger charge is 2.17. The van der Waals surface area contributed by atoms with Gasteiger partial charge in [0, 0.05) is 12.1 Å². The molecule has 0 amide bonds.